The van der Waals surface area contributed by atoms with E-state index in [1.807, 2.05) is 12.4 Å². The fourth-order valence-corrected chi connectivity index (χ4v) is 3.14. The molecule has 0 aliphatic heterocycles. The quantitative estimate of drug-likeness (QED) is 0.684. The lowest BCUT2D eigenvalue weighted by Crippen LogP contribution is -2.15. The van der Waals surface area contributed by atoms with Crippen LogP contribution in [0, 0.1) is 0 Å². The van der Waals surface area contributed by atoms with E-state index in [9.17, 15) is 0 Å². The van der Waals surface area contributed by atoms with Gasteiger partial charge in [-0.3, -0.25) is 4.98 Å². The van der Waals surface area contributed by atoms with E-state index in [1.165, 1.54) is 21.5 Å². The number of benzene rings is 1. The van der Waals surface area contributed by atoms with Gasteiger partial charge < -0.3 is 4.90 Å². The van der Waals surface area contributed by atoms with E-state index in [-0.39, 0.29) is 12.4 Å². The van der Waals surface area contributed by atoms with Crippen molar-refractivity contribution in [1.82, 2.24) is 4.98 Å². The first-order valence-electron chi connectivity index (χ1n) is 6.04. The van der Waals surface area contributed by atoms with E-state index in [1.54, 1.807) is 11.3 Å². The van der Waals surface area contributed by atoms with Gasteiger partial charge in [-0.25, -0.2) is 0 Å². The van der Waals surface area contributed by atoms with Crippen molar-refractivity contribution in [2.45, 2.75) is 6.92 Å². The molecule has 0 bridgehead atoms. The van der Waals surface area contributed by atoms with Gasteiger partial charge in [-0.1, -0.05) is 18.2 Å². The van der Waals surface area contributed by atoms with Crippen LogP contribution in [0.4, 0.5) is 11.4 Å². The van der Waals surface area contributed by atoms with Crippen molar-refractivity contribution in [3.8, 4) is 0 Å². The molecule has 19 heavy (non-hydrogen) atoms. The van der Waals surface area contributed by atoms with Crippen molar-refractivity contribution < 1.29 is 0 Å². The maximum absolute atomic E-state index is 4.08. The topological polar surface area (TPSA) is 16.1 Å². The fourth-order valence-electron chi connectivity index (χ4n) is 2.19. The monoisotopic (exact) mass is 290 g/mol. The van der Waals surface area contributed by atoms with E-state index in [4.69, 9.17) is 0 Å². The number of halogens is 1. The first kappa shape index (κ1) is 13.8. The highest BCUT2D eigenvalue weighted by atomic mass is 35.5. The van der Waals surface area contributed by atoms with Gasteiger partial charge in [0.2, 0.25) is 0 Å². The van der Waals surface area contributed by atoms with Gasteiger partial charge in [-0.2, -0.15) is 0 Å². The average Bonchev–Trinajstić information content (AvgIpc) is 2.85. The van der Waals surface area contributed by atoms with E-state index in [2.05, 4.69) is 58.6 Å². The number of nitrogens with zero attached hydrogens (tertiary/aromatic N) is 2. The molecule has 0 aliphatic rings. The number of fused-ring (bicyclic) bond motifs is 1. The minimum absolute atomic E-state index is 0. The minimum Gasteiger partial charge on any atom is -0.340 e. The van der Waals surface area contributed by atoms with Crippen LogP contribution in [0.25, 0.3) is 10.1 Å². The Morgan fingerprint density at radius 2 is 1.84 bits per heavy atom. The lowest BCUT2D eigenvalue weighted by atomic mass is 10.2. The summed E-state index contributed by atoms with van der Waals surface area (Å²) in [4.78, 5) is 6.40. The SMILES string of the molecule is CCN(c1ccncc1)c1csc2ccccc12.Cl. The fraction of sp³-hybridized carbons (Fsp3) is 0.133. The zero-order valence-electron chi connectivity index (χ0n) is 10.6. The van der Waals surface area contributed by atoms with Crippen LogP contribution in [0.1, 0.15) is 6.92 Å². The first-order valence-corrected chi connectivity index (χ1v) is 6.92. The Hall–Kier alpha value is -1.58. The maximum Gasteiger partial charge on any atom is 0.0599 e. The summed E-state index contributed by atoms with van der Waals surface area (Å²) < 4.78 is 1.33. The molecular weight excluding hydrogens is 276 g/mol. The number of aromatic nitrogens is 1. The Kier molecular flexibility index (Phi) is 4.40. The molecule has 4 heteroatoms. The third-order valence-electron chi connectivity index (χ3n) is 3.04. The van der Waals surface area contributed by atoms with Crippen molar-refractivity contribution >= 4 is 45.2 Å². The Morgan fingerprint density at radius 3 is 2.58 bits per heavy atom. The van der Waals surface area contributed by atoms with Crippen LogP contribution < -0.4 is 4.90 Å². The Bertz CT molecular complexity index is 651. The lowest BCUT2D eigenvalue weighted by Gasteiger charge is -2.22. The van der Waals surface area contributed by atoms with E-state index >= 15 is 0 Å². The van der Waals surface area contributed by atoms with Crippen LogP contribution in [0.2, 0.25) is 0 Å². The smallest absolute Gasteiger partial charge is 0.0599 e. The van der Waals surface area contributed by atoms with Crippen molar-refractivity contribution in [3.05, 3.63) is 54.2 Å². The van der Waals surface area contributed by atoms with Crippen LogP contribution >= 0.6 is 23.7 Å². The first-order chi connectivity index (χ1) is 8.90. The highest BCUT2D eigenvalue weighted by Crippen LogP contribution is 2.36. The van der Waals surface area contributed by atoms with Gasteiger partial charge in [0.05, 0.1) is 5.69 Å². The van der Waals surface area contributed by atoms with Crippen LogP contribution in [0.5, 0.6) is 0 Å². The predicted octanol–water partition coefficient (Wildman–Crippen LogP) is 4.88. The molecule has 0 spiro atoms. The molecule has 2 nitrogen and oxygen atoms in total. The molecule has 0 aliphatic carbocycles. The number of hydrogen-bond donors (Lipinski definition) is 0. The van der Waals surface area contributed by atoms with E-state index in [0.717, 1.165) is 6.54 Å². The molecule has 0 unspecified atom stereocenters. The van der Waals surface area contributed by atoms with Crippen LogP contribution in [0.15, 0.2) is 54.2 Å². The molecule has 0 N–H and O–H groups in total. The van der Waals surface area contributed by atoms with Crippen molar-refractivity contribution in [1.29, 1.82) is 0 Å². The normalized spacial score (nSPS) is 10.2. The lowest BCUT2D eigenvalue weighted by molar-refractivity contribution is 1.03. The van der Waals surface area contributed by atoms with Crippen molar-refractivity contribution in [3.63, 3.8) is 0 Å². The largest absolute Gasteiger partial charge is 0.340 e. The molecule has 98 valence electrons. The summed E-state index contributed by atoms with van der Waals surface area (Å²) in [6.45, 7) is 3.12. The highest BCUT2D eigenvalue weighted by Gasteiger charge is 2.11. The van der Waals surface area contributed by atoms with Gasteiger partial charge in [0, 0.05) is 40.1 Å². The molecule has 0 amide bonds. The van der Waals surface area contributed by atoms with E-state index in [0.29, 0.717) is 0 Å². The van der Waals surface area contributed by atoms with Crippen LogP contribution in [-0.4, -0.2) is 11.5 Å². The Labute approximate surface area is 123 Å². The molecule has 2 aromatic heterocycles. The molecule has 0 saturated carbocycles. The average molecular weight is 291 g/mol. The molecule has 0 fully saturated rings. The molecule has 0 atom stereocenters. The third kappa shape index (κ3) is 2.57. The number of thiophene rings is 1. The Balaban J connectivity index is 0.00000133. The van der Waals surface area contributed by atoms with Crippen molar-refractivity contribution in [2.24, 2.45) is 0 Å². The van der Waals surface area contributed by atoms with Gasteiger partial charge in [-0.15, -0.1) is 23.7 Å². The zero-order valence-corrected chi connectivity index (χ0v) is 12.2. The molecule has 3 rings (SSSR count). The summed E-state index contributed by atoms with van der Waals surface area (Å²) in [5.74, 6) is 0. The summed E-state index contributed by atoms with van der Waals surface area (Å²) in [7, 11) is 0. The van der Waals surface area contributed by atoms with Crippen molar-refractivity contribution in [2.75, 3.05) is 11.4 Å². The van der Waals surface area contributed by atoms with Crippen LogP contribution in [0.3, 0.4) is 0 Å². The van der Waals surface area contributed by atoms with Gasteiger partial charge in [0.25, 0.3) is 0 Å². The molecule has 3 aromatic rings. The van der Waals surface area contributed by atoms with Crippen LogP contribution in [-0.2, 0) is 0 Å². The molecular formula is C15H15ClN2S. The van der Waals surface area contributed by atoms with Gasteiger partial charge >= 0.3 is 0 Å². The second-order valence-corrected chi connectivity index (χ2v) is 4.98. The molecule has 0 radical (unpaired) electrons. The zero-order chi connectivity index (χ0) is 12.4. The Morgan fingerprint density at radius 1 is 1.11 bits per heavy atom. The maximum atomic E-state index is 4.08. The molecule has 0 saturated heterocycles. The molecule has 1 aromatic carbocycles. The number of hydrogen-bond acceptors (Lipinski definition) is 3. The number of anilines is 2. The van der Waals surface area contributed by atoms with E-state index < -0.39 is 0 Å². The number of rotatable bonds is 3. The standard InChI is InChI=1S/C15H14N2S.ClH/c1-2-17(12-7-9-16-10-8-12)14-11-18-15-6-4-3-5-13(14)15;/h3-11H,2H2,1H3;1H. The second-order valence-electron chi connectivity index (χ2n) is 4.07. The van der Waals surface area contributed by atoms with Gasteiger partial charge in [0.15, 0.2) is 0 Å². The van der Waals surface area contributed by atoms with Gasteiger partial charge in [-0.05, 0) is 25.1 Å². The molecule has 2 heterocycles. The number of pyridine rings is 1. The summed E-state index contributed by atoms with van der Waals surface area (Å²) in [6.07, 6.45) is 3.68. The summed E-state index contributed by atoms with van der Waals surface area (Å²) >= 11 is 1.80. The van der Waals surface area contributed by atoms with Gasteiger partial charge in [0.1, 0.15) is 0 Å². The third-order valence-corrected chi connectivity index (χ3v) is 3.99. The summed E-state index contributed by atoms with van der Waals surface area (Å²) in [5.41, 5.74) is 2.47. The predicted molar refractivity (Wildman–Crippen MR) is 86.0 cm³/mol. The second kappa shape index (κ2) is 6.04. The summed E-state index contributed by atoms with van der Waals surface area (Å²) in [5, 5.41) is 3.55. The minimum atomic E-state index is 0. The summed E-state index contributed by atoms with van der Waals surface area (Å²) in [6, 6.07) is 12.6. The highest BCUT2D eigenvalue weighted by molar-refractivity contribution is 7.17.